The van der Waals surface area contributed by atoms with Crippen LogP contribution in [0.25, 0.3) is 16.9 Å². The molecule has 3 heterocycles. The van der Waals surface area contributed by atoms with Crippen LogP contribution < -0.4 is 4.74 Å². The molecule has 0 aliphatic heterocycles. The largest absolute Gasteiger partial charge is 0.481 e. The molecule has 0 fully saturated rings. The molecule has 0 saturated heterocycles. The van der Waals surface area contributed by atoms with Gasteiger partial charge in [-0.05, 0) is 18.2 Å². The van der Waals surface area contributed by atoms with E-state index in [9.17, 15) is 0 Å². The van der Waals surface area contributed by atoms with Crippen LogP contribution in [0.3, 0.4) is 0 Å². The predicted molar refractivity (Wildman–Crippen MR) is 62.8 cm³/mol. The number of pyridine rings is 1. The maximum Gasteiger partial charge on any atom is 0.212 e. The summed E-state index contributed by atoms with van der Waals surface area (Å²) >= 11 is 0. The van der Waals surface area contributed by atoms with Gasteiger partial charge < -0.3 is 4.74 Å². The fourth-order valence-electron chi connectivity index (χ4n) is 1.68. The second kappa shape index (κ2) is 3.86. The van der Waals surface area contributed by atoms with Crippen molar-refractivity contribution in [2.75, 3.05) is 7.11 Å². The molecule has 3 rings (SSSR count). The number of hydrogen-bond donors (Lipinski definition) is 0. The number of ether oxygens (including phenoxy) is 1. The summed E-state index contributed by atoms with van der Waals surface area (Å²) in [6.45, 7) is 0. The molecule has 0 unspecified atom stereocenters. The molecule has 0 atom stereocenters. The first kappa shape index (κ1) is 9.77. The molecule has 0 bridgehead atoms. The minimum absolute atomic E-state index is 0.593. The van der Waals surface area contributed by atoms with Gasteiger partial charge in [-0.3, -0.25) is 0 Å². The van der Waals surface area contributed by atoms with E-state index < -0.39 is 0 Å². The minimum Gasteiger partial charge on any atom is -0.481 e. The molecular formula is C12H10N4O. The first-order valence-electron chi connectivity index (χ1n) is 5.17. The van der Waals surface area contributed by atoms with Crippen LogP contribution in [0.5, 0.6) is 5.88 Å². The molecule has 0 amide bonds. The van der Waals surface area contributed by atoms with Gasteiger partial charge in [-0.1, -0.05) is 0 Å². The van der Waals surface area contributed by atoms with E-state index in [1.54, 1.807) is 30.2 Å². The van der Waals surface area contributed by atoms with E-state index in [1.807, 2.05) is 24.3 Å². The summed E-state index contributed by atoms with van der Waals surface area (Å²) in [5.41, 5.74) is 2.69. The summed E-state index contributed by atoms with van der Waals surface area (Å²) in [7, 11) is 1.60. The van der Waals surface area contributed by atoms with Crippen molar-refractivity contribution in [3.63, 3.8) is 0 Å². The molecule has 0 aliphatic carbocycles. The smallest absolute Gasteiger partial charge is 0.212 e. The van der Waals surface area contributed by atoms with Gasteiger partial charge in [0.25, 0.3) is 0 Å². The summed E-state index contributed by atoms with van der Waals surface area (Å²) in [5, 5.41) is 4.26. The lowest BCUT2D eigenvalue weighted by Crippen LogP contribution is -1.93. The number of rotatable bonds is 2. The Hall–Kier alpha value is -2.43. The monoisotopic (exact) mass is 226 g/mol. The van der Waals surface area contributed by atoms with Crippen LogP contribution in [0, 0.1) is 0 Å². The second-order valence-electron chi connectivity index (χ2n) is 3.53. The lowest BCUT2D eigenvalue weighted by atomic mass is 10.2. The van der Waals surface area contributed by atoms with E-state index in [1.165, 1.54) is 0 Å². The Balaban J connectivity index is 2.13. The topological polar surface area (TPSA) is 52.3 Å². The van der Waals surface area contributed by atoms with E-state index in [-0.39, 0.29) is 0 Å². The Morgan fingerprint density at radius 3 is 2.82 bits per heavy atom. The van der Waals surface area contributed by atoms with Crippen molar-refractivity contribution in [2.45, 2.75) is 0 Å². The maximum absolute atomic E-state index is 5.02. The Bertz CT molecular complexity index is 645. The van der Waals surface area contributed by atoms with Crippen molar-refractivity contribution >= 4 is 5.65 Å². The lowest BCUT2D eigenvalue weighted by molar-refractivity contribution is 0.398. The van der Waals surface area contributed by atoms with Crippen LogP contribution >= 0.6 is 0 Å². The third kappa shape index (κ3) is 1.61. The van der Waals surface area contributed by atoms with Crippen LogP contribution in [-0.4, -0.2) is 26.7 Å². The van der Waals surface area contributed by atoms with Gasteiger partial charge in [-0.15, -0.1) is 0 Å². The highest BCUT2D eigenvalue weighted by Gasteiger charge is 2.06. The Kier molecular flexibility index (Phi) is 2.22. The van der Waals surface area contributed by atoms with Crippen molar-refractivity contribution in [1.82, 2.24) is 19.6 Å². The van der Waals surface area contributed by atoms with E-state index in [4.69, 9.17) is 4.74 Å². The molecule has 0 N–H and O–H groups in total. The molecule has 0 saturated carbocycles. The number of hydrogen-bond acceptors (Lipinski definition) is 4. The molecule has 3 aromatic rings. The maximum atomic E-state index is 5.02. The molecule has 0 spiro atoms. The average molecular weight is 226 g/mol. The fraction of sp³-hybridized carbons (Fsp3) is 0.0833. The average Bonchev–Trinajstić information content (AvgIpc) is 2.83. The highest BCUT2D eigenvalue weighted by molar-refractivity contribution is 5.62. The molecular weight excluding hydrogens is 216 g/mol. The summed E-state index contributed by atoms with van der Waals surface area (Å²) in [5.74, 6) is 0.593. The zero-order chi connectivity index (χ0) is 11.7. The molecule has 5 nitrogen and oxygen atoms in total. The first-order chi connectivity index (χ1) is 8.38. The second-order valence-corrected chi connectivity index (χ2v) is 3.53. The molecule has 5 heteroatoms. The molecule has 84 valence electrons. The van der Waals surface area contributed by atoms with Crippen LogP contribution in [0.1, 0.15) is 0 Å². The summed E-state index contributed by atoms with van der Waals surface area (Å²) in [4.78, 5) is 8.45. The number of fused-ring (bicyclic) bond motifs is 1. The predicted octanol–water partition coefficient (Wildman–Crippen LogP) is 1.80. The molecule has 17 heavy (non-hydrogen) atoms. The van der Waals surface area contributed by atoms with Crippen molar-refractivity contribution in [2.24, 2.45) is 0 Å². The van der Waals surface area contributed by atoms with E-state index in [2.05, 4.69) is 15.1 Å². The van der Waals surface area contributed by atoms with Gasteiger partial charge in [0, 0.05) is 24.0 Å². The third-order valence-electron chi connectivity index (χ3n) is 2.52. The van der Waals surface area contributed by atoms with Crippen molar-refractivity contribution in [1.29, 1.82) is 0 Å². The summed E-state index contributed by atoms with van der Waals surface area (Å²) in [6.07, 6.45) is 5.26. The van der Waals surface area contributed by atoms with Gasteiger partial charge in [-0.25, -0.2) is 14.5 Å². The zero-order valence-corrected chi connectivity index (χ0v) is 9.24. The summed E-state index contributed by atoms with van der Waals surface area (Å²) < 4.78 is 6.81. The van der Waals surface area contributed by atoms with E-state index >= 15 is 0 Å². The first-order valence-corrected chi connectivity index (χ1v) is 5.17. The third-order valence-corrected chi connectivity index (χ3v) is 2.52. The van der Waals surface area contributed by atoms with Gasteiger partial charge >= 0.3 is 0 Å². The molecule has 0 radical (unpaired) electrons. The van der Waals surface area contributed by atoms with Crippen molar-refractivity contribution in [3.8, 4) is 17.1 Å². The van der Waals surface area contributed by atoms with Gasteiger partial charge in [0.15, 0.2) is 5.65 Å². The Morgan fingerprint density at radius 1 is 1.12 bits per heavy atom. The fourth-order valence-corrected chi connectivity index (χ4v) is 1.68. The van der Waals surface area contributed by atoms with Gasteiger partial charge in [-0.2, -0.15) is 5.10 Å². The number of methoxy groups -OCH3 is 1. The van der Waals surface area contributed by atoms with Crippen molar-refractivity contribution in [3.05, 3.63) is 42.9 Å². The van der Waals surface area contributed by atoms with E-state index in [0.717, 1.165) is 16.9 Å². The Labute approximate surface area is 97.7 Å². The SMILES string of the molecule is COc1ccc(-c2cnc3cccnn23)cn1. The quantitative estimate of drug-likeness (QED) is 0.668. The van der Waals surface area contributed by atoms with Crippen LogP contribution in [0.2, 0.25) is 0 Å². The van der Waals surface area contributed by atoms with Gasteiger partial charge in [0.2, 0.25) is 5.88 Å². The molecule has 3 aromatic heterocycles. The van der Waals surface area contributed by atoms with Crippen LogP contribution in [0.15, 0.2) is 42.9 Å². The van der Waals surface area contributed by atoms with Crippen LogP contribution in [0.4, 0.5) is 0 Å². The highest BCUT2D eigenvalue weighted by atomic mass is 16.5. The van der Waals surface area contributed by atoms with Crippen LogP contribution in [-0.2, 0) is 0 Å². The van der Waals surface area contributed by atoms with Crippen molar-refractivity contribution < 1.29 is 4.74 Å². The normalized spacial score (nSPS) is 10.6. The zero-order valence-electron chi connectivity index (χ0n) is 9.24. The minimum atomic E-state index is 0.593. The Morgan fingerprint density at radius 2 is 2.06 bits per heavy atom. The molecule has 0 aromatic carbocycles. The van der Waals surface area contributed by atoms with E-state index in [0.29, 0.717) is 5.88 Å². The van der Waals surface area contributed by atoms with Gasteiger partial charge in [0.05, 0.1) is 19.0 Å². The highest BCUT2D eigenvalue weighted by Crippen LogP contribution is 2.20. The number of imidazole rings is 1. The number of nitrogens with zero attached hydrogens (tertiary/aromatic N) is 4. The summed E-state index contributed by atoms with van der Waals surface area (Å²) in [6, 6.07) is 7.52. The lowest BCUT2D eigenvalue weighted by Gasteiger charge is -2.01. The van der Waals surface area contributed by atoms with Gasteiger partial charge in [0.1, 0.15) is 0 Å². The molecule has 0 aliphatic rings. The number of aromatic nitrogens is 4. The standard InChI is InChI=1S/C12H10N4O/c1-17-12-5-4-9(7-14-12)10-8-13-11-3-2-6-15-16(10)11/h2-8H,1H3.